The number of thioether (sulfide) groups is 1. The van der Waals surface area contributed by atoms with Gasteiger partial charge < -0.3 is 9.90 Å². The molecule has 1 aliphatic rings. The second kappa shape index (κ2) is 7.30. The van der Waals surface area contributed by atoms with Gasteiger partial charge >= 0.3 is 0 Å². The summed E-state index contributed by atoms with van der Waals surface area (Å²) in [4.78, 5) is 25.7. The summed E-state index contributed by atoms with van der Waals surface area (Å²) >= 11 is 6.36. The van der Waals surface area contributed by atoms with E-state index in [9.17, 15) is 14.7 Å². The lowest BCUT2D eigenvalue weighted by atomic mass is 9.87. The second-order valence-corrected chi connectivity index (χ2v) is 9.11. The molecular formula is C19H22NO3S2-. The molecule has 2 rings (SSSR count). The fourth-order valence-corrected chi connectivity index (χ4v) is 3.96. The molecule has 0 aliphatic carbocycles. The van der Waals surface area contributed by atoms with Crippen LogP contribution in [0.4, 0.5) is 0 Å². The zero-order valence-electron chi connectivity index (χ0n) is 15.0. The molecule has 1 heterocycles. The van der Waals surface area contributed by atoms with Gasteiger partial charge in [0.05, 0.1) is 16.9 Å². The fourth-order valence-electron chi connectivity index (χ4n) is 2.63. The largest absolute Gasteiger partial charge is 0.548 e. The Morgan fingerprint density at radius 3 is 2.24 bits per heavy atom. The summed E-state index contributed by atoms with van der Waals surface area (Å²) in [7, 11) is 0. The third-order valence-electron chi connectivity index (χ3n) is 4.05. The number of thiocarbonyl (C=S) groups is 1. The topological polar surface area (TPSA) is 60.4 Å². The highest BCUT2D eigenvalue weighted by molar-refractivity contribution is 8.26. The third-order valence-corrected chi connectivity index (χ3v) is 5.38. The van der Waals surface area contributed by atoms with Gasteiger partial charge in [0.1, 0.15) is 4.32 Å². The number of carboxylic acid groups (broad SMARTS) is 1. The SMILES string of the molecule is CC(C)[C@@H](C(=O)[O-])N1C(=O)/C(=C/c2ccc(C(C)(C)C)cc2)SC1=S. The second-order valence-electron chi connectivity index (χ2n) is 7.43. The highest BCUT2D eigenvalue weighted by atomic mass is 32.2. The van der Waals surface area contributed by atoms with Crippen LogP contribution in [0.1, 0.15) is 45.7 Å². The van der Waals surface area contributed by atoms with E-state index in [0.29, 0.717) is 4.91 Å². The maximum Gasteiger partial charge on any atom is 0.266 e. The Morgan fingerprint density at radius 1 is 1.24 bits per heavy atom. The van der Waals surface area contributed by atoms with Crippen LogP contribution in [0, 0.1) is 5.92 Å². The van der Waals surface area contributed by atoms with Crippen molar-refractivity contribution in [1.82, 2.24) is 4.90 Å². The molecule has 0 radical (unpaired) electrons. The minimum absolute atomic E-state index is 0.0565. The van der Waals surface area contributed by atoms with Crippen LogP contribution < -0.4 is 5.11 Å². The first kappa shape index (κ1) is 19.7. The van der Waals surface area contributed by atoms with E-state index in [1.165, 1.54) is 5.56 Å². The van der Waals surface area contributed by atoms with Crippen molar-refractivity contribution in [1.29, 1.82) is 0 Å². The summed E-state index contributed by atoms with van der Waals surface area (Å²) in [5, 5.41) is 11.4. The number of nitrogens with zero attached hydrogens (tertiary/aromatic N) is 1. The van der Waals surface area contributed by atoms with E-state index in [2.05, 4.69) is 20.8 Å². The Hall–Kier alpha value is -1.66. The van der Waals surface area contributed by atoms with Gasteiger partial charge in [0.2, 0.25) is 0 Å². The molecule has 1 amide bonds. The Kier molecular flexibility index (Phi) is 5.74. The van der Waals surface area contributed by atoms with Crippen molar-refractivity contribution < 1.29 is 14.7 Å². The van der Waals surface area contributed by atoms with Crippen LogP contribution in [-0.2, 0) is 15.0 Å². The first-order chi connectivity index (χ1) is 11.5. The third kappa shape index (κ3) is 4.30. The Labute approximate surface area is 158 Å². The average molecular weight is 377 g/mol. The van der Waals surface area contributed by atoms with Gasteiger partial charge in [0.15, 0.2) is 0 Å². The van der Waals surface area contributed by atoms with E-state index in [0.717, 1.165) is 22.2 Å². The molecule has 1 fully saturated rings. The van der Waals surface area contributed by atoms with Gasteiger partial charge in [-0.1, -0.05) is 82.9 Å². The first-order valence-corrected chi connectivity index (χ1v) is 9.33. The minimum atomic E-state index is -1.29. The molecule has 0 aromatic heterocycles. The van der Waals surface area contributed by atoms with Crippen LogP contribution in [0.15, 0.2) is 29.2 Å². The van der Waals surface area contributed by atoms with Crippen molar-refractivity contribution in [2.24, 2.45) is 5.92 Å². The lowest BCUT2D eigenvalue weighted by Crippen LogP contribution is -2.52. The molecule has 1 aliphatic heterocycles. The standard InChI is InChI=1S/C19H23NO3S2/c1-11(2)15(17(22)23)20-16(21)14(25-18(20)24)10-12-6-8-13(9-7-12)19(3,4)5/h6-11,15H,1-5H3,(H,22,23)/p-1/b14-10-/t15-/m0/s1. The maximum absolute atomic E-state index is 12.7. The molecule has 6 heteroatoms. The van der Waals surface area contributed by atoms with Crippen molar-refractivity contribution in [3.63, 3.8) is 0 Å². The molecule has 0 N–H and O–H groups in total. The van der Waals surface area contributed by atoms with E-state index in [1.54, 1.807) is 19.9 Å². The number of carboxylic acids is 1. The van der Waals surface area contributed by atoms with Crippen molar-refractivity contribution in [2.45, 2.75) is 46.1 Å². The van der Waals surface area contributed by atoms with Crippen LogP contribution in [0.5, 0.6) is 0 Å². The summed E-state index contributed by atoms with van der Waals surface area (Å²) in [5.41, 5.74) is 2.14. The van der Waals surface area contributed by atoms with E-state index in [1.807, 2.05) is 24.3 Å². The number of benzene rings is 1. The van der Waals surface area contributed by atoms with Crippen molar-refractivity contribution in [3.05, 3.63) is 40.3 Å². The van der Waals surface area contributed by atoms with Crippen molar-refractivity contribution >= 4 is 46.3 Å². The van der Waals surface area contributed by atoms with Gasteiger partial charge in [-0.15, -0.1) is 0 Å². The predicted octanol–water partition coefficient (Wildman–Crippen LogP) is 2.96. The van der Waals surface area contributed by atoms with Crippen LogP contribution in [-0.4, -0.2) is 27.1 Å². The normalized spacial score (nSPS) is 18.3. The van der Waals surface area contributed by atoms with Gasteiger partial charge in [-0.05, 0) is 28.5 Å². The maximum atomic E-state index is 12.7. The molecule has 1 atom stereocenters. The van der Waals surface area contributed by atoms with E-state index in [4.69, 9.17) is 12.2 Å². The van der Waals surface area contributed by atoms with Crippen LogP contribution in [0.2, 0.25) is 0 Å². The van der Waals surface area contributed by atoms with E-state index < -0.39 is 12.0 Å². The van der Waals surface area contributed by atoms with Crippen molar-refractivity contribution in [2.75, 3.05) is 0 Å². The Bertz CT molecular complexity index is 730. The highest BCUT2D eigenvalue weighted by Gasteiger charge is 2.39. The Balaban J connectivity index is 2.29. The summed E-state index contributed by atoms with van der Waals surface area (Å²) in [5.74, 6) is -1.96. The van der Waals surface area contributed by atoms with Gasteiger partial charge in [0, 0.05) is 0 Å². The quantitative estimate of drug-likeness (QED) is 0.597. The highest BCUT2D eigenvalue weighted by Crippen LogP contribution is 2.35. The molecule has 4 nitrogen and oxygen atoms in total. The summed E-state index contributed by atoms with van der Waals surface area (Å²) < 4.78 is 0.255. The fraction of sp³-hybridized carbons (Fsp3) is 0.421. The molecular weight excluding hydrogens is 354 g/mol. The molecule has 0 bridgehead atoms. The van der Waals surface area contributed by atoms with Crippen LogP contribution in [0.3, 0.4) is 0 Å². The summed E-state index contributed by atoms with van der Waals surface area (Å²) in [6.07, 6.45) is 1.75. The lowest BCUT2D eigenvalue weighted by molar-refractivity contribution is -0.311. The molecule has 25 heavy (non-hydrogen) atoms. The minimum Gasteiger partial charge on any atom is -0.548 e. The van der Waals surface area contributed by atoms with Crippen LogP contribution in [0.25, 0.3) is 6.08 Å². The number of carbonyl (C=O) groups is 2. The van der Waals surface area contributed by atoms with Crippen LogP contribution >= 0.6 is 24.0 Å². The van der Waals surface area contributed by atoms with Gasteiger partial charge in [-0.3, -0.25) is 9.69 Å². The zero-order chi connectivity index (χ0) is 18.9. The molecule has 1 saturated heterocycles. The number of hydrogen-bond acceptors (Lipinski definition) is 5. The summed E-state index contributed by atoms with van der Waals surface area (Å²) in [6, 6.07) is 6.91. The molecule has 0 unspecified atom stereocenters. The molecule has 1 aromatic rings. The molecule has 134 valence electrons. The lowest BCUT2D eigenvalue weighted by Gasteiger charge is -2.30. The number of rotatable bonds is 4. The monoisotopic (exact) mass is 376 g/mol. The smallest absolute Gasteiger partial charge is 0.266 e. The predicted molar refractivity (Wildman–Crippen MR) is 104 cm³/mol. The van der Waals surface area contributed by atoms with E-state index >= 15 is 0 Å². The first-order valence-electron chi connectivity index (χ1n) is 8.11. The van der Waals surface area contributed by atoms with Gasteiger partial charge in [-0.2, -0.15) is 0 Å². The molecule has 1 aromatic carbocycles. The molecule has 0 spiro atoms. The summed E-state index contributed by atoms with van der Waals surface area (Å²) in [6.45, 7) is 9.87. The number of carbonyl (C=O) groups excluding carboxylic acids is 2. The number of hydrogen-bond donors (Lipinski definition) is 0. The zero-order valence-corrected chi connectivity index (χ0v) is 16.7. The molecule has 0 saturated carbocycles. The van der Waals surface area contributed by atoms with Gasteiger partial charge in [0.25, 0.3) is 5.91 Å². The van der Waals surface area contributed by atoms with Gasteiger partial charge in [-0.25, -0.2) is 0 Å². The Morgan fingerprint density at radius 2 is 1.80 bits per heavy atom. The van der Waals surface area contributed by atoms with E-state index in [-0.39, 0.29) is 21.6 Å². The number of amides is 1. The average Bonchev–Trinajstić information content (AvgIpc) is 2.74. The number of aliphatic carboxylic acids is 1. The van der Waals surface area contributed by atoms with Crippen molar-refractivity contribution in [3.8, 4) is 0 Å².